The average Bonchev–Trinajstić information content (AvgIpc) is 2.12. The number of aliphatic hydroxyl groups excluding tert-OH is 5. The summed E-state index contributed by atoms with van der Waals surface area (Å²) in [6.45, 7) is -0.760. The van der Waals surface area contributed by atoms with Gasteiger partial charge in [0.05, 0.1) is 6.61 Å². The molecule has 0 bridgehead atoms. The quantitative estimate of drug-likeness (QED) is 0.245. The number of rotatable bonds is 5. The average molecular weight is 244 g/mol. The van der Waals surface area contributed by atoms with Crippen molar-refractivity contribution in [2.24, 2.45) is 0 Å². The van der Waals surface area contributed by atoms with Gasteiger partial charge in [0.15, 0.2) is 6.29 Å². The summed E-state index contributed by atoms with van der Waals surface area (Å²) in [6.07, 6.45) is -6.84. The summed E-state index contributed by atoms with van der Waals surface area (Å²) >= 11 is 0. The molecule has 0 aliphatic heterocycles. The molecule has 0 aliphatic carbocycles. The van der Waals surface area contributed by atoms with Gasteiger partial charge in [0.25, 0.3) is 0 Å². The van der Waals surface area contributed by atoms with Gasteiger partial charge >= 0.3 is 80.9 Å². The normalized spacial score (nSPS) is 18.1. The van der Waals surface area contributed by atoms with Crippen LogP contribution in [0.1, 0.15) is 0 Å². The molecule has 8 heteroatoms. The Morgan fingerprint density at radius 2 is 1.50 bits per heavy atom. The predicted octanol–water partition coefficient (Wildman–Crippen LogP) is -4.68. The van der Waals surface area contributed by atoms with E-state index in [0.717, 1.165) is 0 Å². The monoisotopic (exact) mass is 244 g/mol. The fraction of sp³-hybridized carbons (Fsp3) is 0.833. The van der Waals surface area contributed by atoms with Crippen LogP contribution in [-0.4, -0.2) is 144 Å². The van der Waals surface area contributed by atoms with Gasteiger partial charge in [-0.05, 0) is 0 Å². The van der Waals surface area contributed by atoms with Crippen LogP contribution in [0.5, 0.6) is 0 Å². The Hall–Kier alpha value is 2.11. The van der Waals surface area contributed by atoms with Crippen LogP contribution in [0.2, 0.25) is 0 Å². The first-order valence-electron chi connectivity index (χ1n) is 3.33. The molecule has 0 aromatic carbocycles. The van der Waals surface area contributed by atoms with Gasteiger partial charge in [0.2, 0.25) is 0 Å². The zero-order valence-corrected chi connectivity index (χ0v) is 6.24. The molecule has 0 spiro atoms. The molecule has 0 heterocycles. The van der Waals surface area contributed by atoms with Crippen molar-refractivity contribution >= 4 is 87.2 Å². The van der Waals surface area contributed by atoms with Crippen LogP contribution in [0.25, 0.3) is 0 Å². The van der Waals surface area contributed by atoms with Crippen LogP contribution in [-0.2, 0) is 4.79 Å². The Morgan fingerprint density at radius 3 is 1.79 bits per heavy atom. The maximum atomic E-state index is 9.90. The van der Waals surface area contributed by atoms with Crippen LogP contribution >= 0.6 is 0 Å². The molecule has 0 saturated carbocycles. The molecule has 0 rings (SSSR count). The summed E-state index contributed by atoms with van der Waals surface area (Å²) < 4.78 is 0. The van der Waals surface area contributed by atoms with Crippen molar-refractivity contribution in [1.29, 1.82) is 0 Å². The molecule has 0 saturated heterocycles. The van der Waals surface area contributed by atoms with Crippen LogP contribution in [0.4, 0.5) is 0 Å². The second-order valence-corrected chi connectivity index (χ2v) is 2.36. The van der Waals surface area contributed by atoms with Crippen LogP contribution in [0.3, 0.4) is 0 Å². The second-order valence-electron chi connectivity index (χ2n) is 2.36. The van der Waals surface area contributed by atoms with Gasteiger partial charge in [-0.2, -0.15) is 0 Å². The third kappa shape index (κ3) is 7.39. The zero-order chi connectivity index (χ0) is 9.72. The van der Waals surface area contributed by atoms with Gasteiger partial charge in [-0.25, -0.2) is 0 Å². The molecular formula is C6H14KNaO6. The summed E-state index contributed by atoms with van der Waals surface area (Å²) in [5.41, 5.74) is 0. The van der Waals surface area contributed by atoms with Crippen molar-refractivity contribution in [1.82, 2.24) is 0 Å². The molecule has 0 aromatic heterocycles. The van der Waals surface area contributed by atoms with E-state index in [2.05, 4.69) is 0 Å². The number of hydrogen-bond acceptors (Lipinski definition) is 6. The van der Waals surface area contributed by atoms with E-state index in [9.17, 15) is 4.79 Å². The fourth-order valence-corrected chi connectivity index (χ4v) is 0.618. The molecule has 6 nitrogen and oxygen atoms in total. The molecule has 5 N–H and O–H groups in total. The van der Waals surface area contributed by atoms with E-state index in [0.29, 0.717) is 0 Å². The van der Waals surface area contributed by atoms with Gasteiger partial charge in [-0.1, -0.05) is 0 Å². The van der Waals surface area contributed by atoms with E-state index in [1.54, 1.807) is 0 Å². The number of aldehydes is 1. The molecule has 0 amide bonds. The van der Waals surface area contributed by atoms with E-state index >= 15 is 0 Å². The summed E-state index contributed by atoms with van der Waals surface area (Å²) in [6, 6.07) is 0. The first kappa shape index (κ1) is 21.4. The number of hydrogen-bond donors (Lipinski definition) is 5. The van der Waals surface area contributed by atoms with E-state index in [1.807, 2.05) is 0 Å². The zero-order valence-electron chi connectivity index (χ0n) is 6.24. The van der Waals surface area contributed by atoms with E-state index in [-0.39, 0.29) is 87.2 Å². The molecule has 14 heavy (non-hydrogen) atoms. The van der Waals surface area contributed by atoms with Gasteiger partial charge in [-0.3, -0.25) is 0 Å². The number of carbonyl (C=O) groups is 1. The molecule has 0 radical (unpaired) electrons. The predicted molar refractivity (Wildman–Crippen MR) is 51.5 cm³/mol. The molecule has 0 aromatic rings. The molecular weight excluding hydrogens is 230 g/mol. The Kier molecular flexibility index (Phi) is 17.7. The van der Waals surface area contributed by atoms with Crippen molar-refractivity contribution in [3.8, 4) is 0 Å². The van der Waals surface area contributed by atoms with E-state index in [1.165, 1.54) is 0 Å². The summed E-state index contributed by atoms with van der Waals surface area (Å²) in [5.74, 6) is 0. The Labute approximate surface area is 146 Å². The first-order chi connectivity index (χ1) is 5.54. The van der Waals surface area contributed by atoms with Crippen molar-refractivity contribution in [3.63, 3.8) is 0 Å². The summed E-state index contributed by atoms with van der Waals surface area (Å²) in [7, 11) is 0. The van der Waals surface area contributed by atoms with Crippen LogP contribution < -0.4 is 0 Å². The molecule has 76 valence electrons. The minimum atomic E-state index is -1.79. The number of carbonyl (C=O) groups excluding carboxylic acids is 1. The SMILES string of the molecule is O=C[C@H](O)[C@@H](O)[C@H](O)[C@H](O)CO.[KH].[NaH]. The van der Waals surface area contributed by atoms with Gasteiger partial charge in [-0.15, -0.1) is 0 Å². The molecule has 0 aliphatic rings. The third-order valence-electron chi connectivity index (χ3n) is 1.42. The molecule has 0 fully saturated rings. The van der Waals surface area contributed by atoms with Crippen molar-refractivity contribution in [2.45, 2.75) is 24.4 Å². The van der Waals surface area contributed by atoms with Crippen molar-refractivity contribution in [3.05, 3.63) is 0 Å². The Balaban J connectivity index is -0.000000605. The van der Waals surface area contributed by atoms with Gasteiger partial charge in [0, 0.05) is 0 Å². The van der Waals surface area contributed by atoms with Gasteiger partial charge < -0.3 is 30.3 Å². The molecule has 0 unspecified atom stereocenters. The number of aliphatic hydroxyl groups is 5. The first-order valence-corrected chi connectivity index (χ1v) is 3.33. The standard InChI is InChI=1S/C6H12O6.K.Na.2H/c7-1-3(9)5(11)6(12)4(10)2-8;;;;/h1,3-6,8-12H,2H2;;;;/t3-,4+,5+,6+;;;;/m0..../s1. The third-order valence-corrected chi connectivity index (χ3v) is 1.42. The fourth-order valence-electron chi connectivity index (χ4n) is 0.618. The topological polar surface area (TPSA) is 118 Å². The van der Waals surface area contributed by atoms with Gasteiger partial charge in [0.1, 0.15) is 24.4 Å². The second kappa shape index (κ2) is 11.6. The van der Waals surface area contributed by atoms with E-state index < -0.39 is 31.0 Å². The summed E-state index contributed by atoms with van der Waals surface area (Å²) in [5, 5.41) is 43.5. The van der Waals surface area contributed by atoms with Crippen LogP contribution in [0.15, 0.2) is 0 Å². The van der Waals surface area contributed by atoms with Crippen molar-refractivity contribution in [2.75, 3.05) is 6.61 Å². The molecule has 4 atom stereocenters. The minimum absolute atomic E-state index is 0. The maximum absolute atomic E-state index is 9.90. The van der Waals surface area contributed by atoms with Crippen molar-refractivity contribution < 1.29 is 30.3 Å². The van der Waals surface area contributed by atoms with Crippen LogP contribution in [0, 0.1) is 0 Å². The van der Waals surface area contributed by atoms with E-state index in [4.69, 9.17) is 25.5 Å². The summed E-state index contributed by atoms with van der Waals surface area (Å²) in [4.78, 5) is 9.90. The Morgan fingerprint density at radius 1 is 1.07 bits per heavy atom. The Bertz CT molecular complexity index is 148.